The molecule has 4 nitrogen and oxygen atoms in total. The van der Waals surface area contributed by atoms with Crippen molar-refractivity contribution >= 4 is 10.1 Å². The summed E-state index contributed by atoms with van der Waals surface area (Å²) in [5.41, 5.74) is 0. The van der Waals surface area contributed by atoms with Crippen LogP contribution >= 0.6 is 0 Å². The van der Waals surface area contributed by atoms with Crippen LogP contribution in [0, 0.1) is 0 Å². The molecule has 2 unspecified atom stereocenters. The van der Waals surface area contributed by atoms with Gasteiger partial charge in [0, 0.05) is 5.25 Å². The van der Waals surface area contributed by atoms with E-state index in [-0.39, 0.29) is 35.7 Å². The van der Waals surface area contributed by atoms with Gasteiger partial charge in [-0.05, 0) is 25.7 Å². The zero-order valence-electron chi connectivity index (χ0n) is 15.4. The third-order valence-electron chi connectivity index (χ3n) is 4.24. The first kappa shape index (κ1) is 26.1. The predicted molar refractivity (Wildman–Crippen MR) is 90.9 cm³/mol. The first-order valence-electron chi connectivity index (χ1n) is 9.04. The summed E-state index contributed by atoms with van der Waals surface area (Å²) in [5.74, 6) is 0. The average Bonchev–Trinajstić information content (AvgIpc) is 2.45. The molecule has 23 heavy (non-hydrogen) atoms. The molecule has 0 aliphatic heterocycles. The Balaban J connectivity index is 0. The van der Waals surface area contributed by atoms with Crippen LogP contribution in [-0.4, -0.2) is 29.4 Å². The maximum absolute atomic E-state index is 11.2. The van der Waals surface area contributed by atoms with Crippen LogP contribution in [0.25, 0.3) is 0 Å². The number of aliphatic hydroxyl groups is 1. The van der Waals surface area contributed by atoms with Crippen LogP contribution in [-0.2, 0) is 10.1 Å². The summed E-state index contributed by atoms with van der Waals surface area (Å²) in [4.78, 5) is 0. The molecule has 0 radical (unpaired) electrons. The summed E-state index contributed by atoms with van der Waals surface area (Å²) < 4.78 is 33.6. The Morgan fingerprint density at radius 1 is 0.783 bits per heavy atom. The fourth-order valence-electron chi connectivity index (χ4n) is 2.74. The molecule has 0 saturated heterocycles. The Kier molecular flexibility index (Phi) is 18.5. The maximum Gasteiger partial charge on any atom is 1.00 e. The zero-order valence-corrected chi connectivity index (χ0v) is 18.2. The number of hydrogen-bond acceptors (Lipinski definition) is 4. The van der Waals surface area contributed by atoms with Crippen molar-refractivity contribution in [2.24, 2.45) is 0 Å². The largest absolute Gasteiger partial charge is 1.00 e. The molecule has 0 saturated carbocycles. The summed E-state index contributed by atoms with van der Waals surface area (Å²) >= 11 is 0. The summed E-state index contributed by atoms with van der Waals surface area (Å²) in [6, 6.07) is 0. The summed E-state index contributed by atoms with van der Waals surface area (Å²) in [7, 11) is -4.16. The van der Waals surface area contributed by atoms with Crippen molar-refractivity contribution in [3.05, 3.63) is 0 Å². The summed E-state index contributed by atoms with van der Waals surface area (Å²) in [6.07, 6.45) is 11.4. The van der Waals surface area contributed by atoms with Gasteiger partial charge in [-0.3, -0.25) is 0 Å². The van der Waals surface area contributed by atoms with E-state index in [0.717, 1.165) is 51.4 Å². The smallest absolute Gasteiger partial charge is 0.748 e. The molecule has 0 amide bonds. The van der Waals surface area contributed by atoms with Crippen molar-refractivity contribution in [3.63, 3.8) is 0 Å². The normalized spacial score (nSPS) is 14.3. The van der Waals surface area contributed by atoms with Crippen molar-refractivity contribution in [3.8, 4) is 0 Å². The van der Waals surface area contributed by atoms with Crippen molar-refractivity contribution in [1.29, 1.82) is 0 Å². The van der Waals surface area contributed by atoms with Gasteiger partial charge in [0.2, 0.25) is 0 Å². The minimum absolute atomic E-state index is 0. The topological polar surface area (TPSA) is 77.4 Å². The molecule has 1 N–H and O–H groups in total. The second-order valence-corrected chi connectivity index (χ2v) is 8.05. The molecule has 6 heteroatoms. The Bertz CT molecular complexity index is 347. The molecule has 0 heterocycles. The van der Waals surface area contributed by atoms with Gasteiger partial charge in [0.25, 0.3) is 0 Å². The molecule has 0 rings (SSSR count). The molecule has 0 spiro atoms. The SMILES string of the molecule is CCCCCCC(O)CCCCCC(CCCC)S(=O)(=O)[O-].[Na+]. The number of rotatable bonds is 15. The molecule has 0 aliphatic rings. The summed E-state index contributed by atoms with van der Waals surface area (Å²) in [6.45, 7) is 4.17. The Morgan fingerprint density at radius 2 is 1.22 bits per heavy atom. The van der Waals surface area contributed by atoms with Gasteiger partial charge < -0.3 is 9.66 Å². The van der Waals surface area contributed by atoms with E-state index in [1.54, 1.807) is 0 Å². The average molecular weight is 359 g/mol. The molecule has 0 aromatic heterocycles. The fraction of sp³-hybridized carbons (Fsp3) is 1.00. The van der Waals surface area contributed by atoms with Gasteiger partial charge in [-0.2, -0.15) is 0 Å². The Labute approximate surface area is 165 Å². The molecule has 134 valence electrons. The van der Waals surface area contributed by atoms with Gasteiger partial charge in [0.1, 0.15) is 0 Å². The quantitative estimate of drug-likeness (QED) is 0.272. The predicted octanol–water partition coefficient (Wildman–Crippen LogP) is 1.38. The van der Waals surface area contributed by atoms with E-state index in [0.29, 0.717) is 12.8 Å². The van der Waals surface area contributed by atoms with Gasteiger partial charge in [0.15, 0.2) is 0 Å². The third kappa shape index (κ3) is 16.1. The number of unbranched alkanes of at least 4 members (excludes halogenated alkanes) is 6. The summed E-state index contributed by atoms with van der Waals surface area (Å²) in [5, 5.41) is 9.14. The second-order valence-electron chi connectivity index (χ2n) is 6.40. The van der Waals surface area contributed by atoms with Crippen LogP contribution in [0.5, 0.6) is 0 Å². The van der Waals surface area contributed by atoms with Crippen LogP contribution in [0.2, 0.25) is 0 Å². The van der Waals surface area contributed by atoms with Gasteiger partial charge in [-0.1, -0.05) is 71.6 Å². The van der Waals surface area contributed by atoms with E-state index >= 15 is 0 Å². The van der Waals surface area contributed by atoms with E-state index in [1.807, 2.05) is 6.92 Å². The van der Waals surface area contributed by atoms with Crippen LogP contribution in [0.3, 0.4) is 0 Å². The van der Waals surface area contributed by atoms with E-state index < -0.39 is 15.4 Å². The van der Waals surface area contributed by atoms with E-state index in [9.17, 15) is 18.1 Å². The molecule has 0 aromatic carbocycles. The van der Waals surface area contributed by atoms with Crippen LogP contribution in [0.1, 0.15) is 97.3 Å². The second kappa shape index (κ2) is 16.3. The fourth-order valence-corrected chi connectivity index (χ4v) is 3.66. The molecule has 0 aliphatic carbocycles. The van der Waals surface area contributed by atoms with Crippen LogP contribution < -0.4 is 29.6 Å². The van der Waals surface area contributed by atoms with Gasteiger partial charge in [-0.15, -0.1) is 0 Å². The molecule has 0 fully saturated rings. The minimum Gasteiger partial charge on any atom is -0.748 e. The molecule has 0 aromatic rings. The molecule has 0 bridgehead atoms. The Hall–Kier alpha value is 0.870. The van der Waals surface area contributed by atoms with Crippen molar-refractivity contribution < 1.29 is 47.6 Å². The van der Waals surface area contributed by atoms with Crippen molar-refractivity contribution in [1.82, 2.24) is 0 Å². The van der Waals surface area contributed by atoms with E-state index in [4.69, 9.17) is 0 Å². The molecular weight excluding hydrogens is 323 g/mol. The maximum atomic E-state index is 11.2. The minimum atomic E-state index is -4.16. The van der Waals surface area contributed by atoms with Gasteiger partial charge in [-0.25, -0.2) is 8.42 Å². The number of aliphatic hydroxyl groups excluding tert-OH is 1. The van der Waals surface area contributed by atoms with Gasteiger partial charge in [0.05, 0.1) is 16.2 Å². The monoisotopic (exact) mass is 358 g/mol. The first-order chi connectivity index (χ1) is 10.4. The standard InChI is InChI=1S/C17H36O4S.Na/c1-3-5-7-9-12-16(18)13-10-8-11-15-17(14-6-4-2)22(19,20)21;/h16-18H,3-15H2,1-2H3,(H,19,20,21);/q;+1/p-1. The van der Waals surface area contributed by atoms with E-state index in [1.165, 1.54) is 19.3 Å². The number of hydrogen-bond donors (Lipinski definition) is 1. The molecular formula is C17H35NaO4S. The Morgan fingerprint density at radius 3 is 1.70 bits per heavy atom. The first-order valence-corrected chi connectivity index (χ1v) is 10.5. The van der Waals surface area contributed by atoms with Gasteiger partial charge >= 0.3 is 29.6 Å². The van der Waals surface area contributed by atoms with Crippen molar-refractivity contribution in [2.75, 3.05) is 0 Å². The van der Waals surface area contributed by atoms with Crippen LogP contribution in [0.4, 0.5) is 0 Å². The molecule has 2 atom stereocenters. The van der Waals surface area contributed by atoms with Crippen LogP contribution in [0.15, 0.2) is 0 Å². The third-order valence-corrected chi connectivity index (χ3v) is 5.53. The van der Waals surface area contributed by atoms with E-state index in [2.05, 4.69) is 6.92 Å². The van der Waals surface area contributed by atoms with Crippen molar-refractivity contribution in [2.45, 2.75) is 109 Å². The zero-order chi connectivity index (χ0) is 16.8.